The Hall–Kier alpha value is -3.58. The smallest absolute Gasteiger partial charge is 0.0387 e. The summed E-state index contributed by atoms with van der Waals surface area (Å²) < 4.78 is 0. The Bertz CT molecular complexity index is 1050. The summed E-state index contributed by atoms with van der Waals surface area (Å²) in [4.78, 5) is 0. The van der Waals surface area contributed by atoms with Gasteiger partial charge in [-0.15, -0.1) is 0 Å². The molecule has 0 aliphatic carbocycles. The highest BCUT2D eigenvalue weighted by Gasteiger charge is 1.97. The molecule has 0 bridgehead atoms. The Morgan fingerprint density at radius 2 is 1.32 bits per heavy atom. The minimum atomic E-state index is 0.807. The van der Waals surface area contributed by atoms with Crippen molar-refractivity contribution in [2.75, 3.05) is 0 Å². The van der Waals surface area contributed by atoms with Crippen molar-refractivity contribution in [2.24, 2.45) is 5.73 Å². The van der Waals surface area contributed by atoms with Crippen LogP contribution in [-0.4, -0.2) is 0 Å². The molecule has 0 aliphatic heterocycles. The minimum Gasteiger partial charge on any atom is -0.398 e. The van der Waals surface area contributed by atoms with E-state index in [1.165, 1.54) is 28.7 Å². The molecule has 1 nitrogen and oxygen atoms in total. The van der Waals surface area contributed by atoms with Crippen LogP contribution in [0.4, 0.5) is 0 Å². The van der Waals surface area contributed by atoms with Crippen LogP contribution in [0.25, 0.3) is 16.8 Å². The molecule has 34 heavy (non-hydrogen) atoms. The third-order valence-corrected chi connectivity index (χ3v) is 4.49. The summed E-state index contributed by atoms with van der Waals surface area (Å²) in [6.07, 6.45) is 10.4. The first-order valence-electron chi connectivity index (χ1n) is 12.0. The van der Waals surface area contributed by atoms with Crippen molar-refractivity contribution in [1.82, 2.24) is 0 Å². The highest BCUT2D eigenvalue weighted by atomic mass is 14.6. The number of hydrogen-bond donors (Lipinski definition) is 1. The topological polar surface area (TPSA) is 26.0 Å². The number of allylic oxidation sites excluding steroid dienone is 6. The van der Waals surface area contributed by atoms with Crippen LogP contribution in [0.5, 0.6) is 0 Å². The fraction of sp³-hybridized carbons (Fsp3) is 0.212. The summed E-state index contributed by atoms with van der Waals surface area (Å²) >= 11 is 0. The number of hydrogen-bond acceptors (Lipinski definition) is 1. The Labute approximate surface area is 208 Å². The van der Waals surface area contributed by atoms with Gasteiger partial charge < -0.3 is 5.73 Å². The molecule has 3 aromatic carbocycles. The molecular weight excluding hydrogens is 410 g/mol. The van der Waals surface area contributed by atoms with E-state index >= 15 is 0 Å². The molecule has 0 atom stereocenters. The summed E-state index contributed by atoms with van der Waals surface area (Å²) in [6.45, 7) is 14.2. The Balaban J connectivity index is 0.000000318. The van der Waals surface area contributed by atoms with Crippen molar-refractivity contribution in [3.8, 4) is 11.1 Å². The standard InChI is InChI=1S/C18H18.C12H15N.C3H8/c1-15(2)8-6-9-16-10-7-13-18(14-16)17-11-4-3-5-12-17;1-10(2)8-9-12(13)11-6-4-3-5-7-11;1-3-2/h3-8,10-14H,1,9H2,2H3;3-9H,13H2,1-2H3;3H2,1-2H3/b8-6-;12-9-;. The van der Waals surface area contributed by atoms with Gasteiger partial charge in [0.1, 0.15) is 0 Å². The van der Waals surface area contributed by atoms with E-state index in [1.807, 2.05) is 55.5 Å². The lowest BCUT2D eigenvalue weighted by molar-refractivity contribution is 1.09. The lowest BCUT2D eigenvalue weighted by Crippen LogP contribution is -1.94. The van der Waals surface area contributed by atoms with Gasteiger partial charge in [0.25, 0.3) is 0 Å². The Morgan fingerprint density at radius 3 is 1.88 bits per heavy atom. The van der Waals surface area contributed by atoms with Gasteiger partial charge in [0.2, 0.25) is 0 Å². The van der Waals surface area contributed by atoms with E-state index in [9.17, 15) is 0 Å². The molecule has 0 amide bonds. The van der Waals surface area contributed by atoms with Crippen LogP contribution in [-0.2, 0) is 6.42 Å². The maximum absolute atomic E-state index is 5.86. The number of rotatable bonds is 6. The monoisotopic (exact) mass is 451 g/mol. The molecule has 0 fully saturated rings. The van der Waals surface area contributed by atoms with E-state index in [4.69, 9.17) is 5.73 Å². The maximum Gasteiger partial charge on any atom is 0.0387 e. The molecular formula is C33H41N. The largest absolute Gasteiger partial charge is 0.398 e. The van der Waals surface area contributed by atoms with Crippen molar-refractivity contribution in [3.63, 3.8) is 0 Å². The Kier molecular flexibility index (Phi) is 14.2. The molecule has 0 radical (unpaired) electrons. The van der Waals surface area contributed by atoms with Gasteiger partial charge in [0.05, 0.1) is 0 Å². The van der Waals surface area contributed by atoms with E-state index in [0.717, 1.165) is 23.3 Å². The van der Waals surface area contributed by atoms with Crippen molar-refractivity contribution in [2.45, 2.75) is 47.5 Å². The number of benzene rings is 3. The quantitative estimate of drug-likeness (QED) is 0.371. The van der Waals surface area contributed by atoms with E-state index in [2.05, 4.69) is 95.0 Å². The molecule has 178 valence electrons. The molecule has 0 saturated carbocycles. The molecule has 0 unspecified atom stereocenters. The molecule has 3 rings (SSSR count). The molecule has 0 aliphatic rings. The molecule has 0 aromatic heterocycles. The zero-order chi connectivity index (χ0) is 25.2. The van der Waals surface area contributed by atoms with Crippen molar-refractivity contribution in [3.05, 3.63) is 138 Å². The van der Waals surface area contributed by atoms with Gasteiger partial charge in [0, 0.05) is 5.70 Å². The minimum absolute atomic E-state index is 0.807. The van der Waals surface area contributed by atoms with Gasteiger partial charge in [-0.1, -0.05) is 141 Å². The predicted octanol–water partition coefficient (Wildman–Crippen LogP) is 9.40. The van der Waals surface area contributed by atoms with Crippen LogP contribution in [0.3, 0.4) is 0 Å². The third-order valence-electron chi connectivity index (χ3n) is 4.49. The number of nitrogens with two attached hydrogens (primary N) is 1. The normalized spacial score (nSPS) is 10.4. The van der Waals surface area contributed by atoms with Gasteiger partial charge in [-0.3, -0.25) is 0 Å². The Morgan fingerprint density at radius 1 is 0.765 bits per heavy atom. The zero-order valence-electron chi connectivity index (χ0n) is 21.6. The van der Waals surface area contributed by atoms with Crippen LogP contribution < -0.4 is 5.73 Å². The van der Waals surface area contributed by atoms with Gasteiger partial charge >= 0.3 is 0 Å². The highest BCUT2D eigenvalue weighted by Crippen LogP contribution is 2.20. The van der Waals surface area contributed by atoms with Crippen LogP contribution in [0, 0.1) is 0 Å². The van der Waals surface area contributed by atoms with E-state index in [-0.39, 0.29) is 0 Å². The fourth-order valence-electron chi connectivity index (χ4n) is 2.89. The van der Waals surface area contributed by atoms with E-state index < -0.39 is 0 Å². The fourth-order valence-corrected chi connectivity index (χ4v) is 2.89. The predicted molar refractivity (Wildman–Crippen MR) is 154 cm³/mol. The third kappa shape index (κ3) is 12.5. The molecule has 2 N–H and O–H groups in total. The van der Waals surface area contributed by atoms with Crippen LogP contribution >= 0.6 is 0 Å². The van der Waals surface area contributed by atoms with Crippen molar-refractivity contribution in [1.29, 1.82) is 0 Å². The van der Waals surface area contributed by atoms with Crippen LogP contribution in [0.15, 0.2) is 127 Å². The molecule has 3 aromatic rings. The highest BCUT2D eigenvalue weighted by molar-refractivity contribution is 5.64. The maximum atomic E-state index is 5.86. The first-order valence-corrected chi connectivity index (χ1v) is 12.0. The second kappa shape index (κ2) is 17.0. The summed E-state index contributed by atoms with van der Waals surface area (Å²) in [5.41, 5.74) is 13.9. The van der Waals surface area contributed by atoms with Gasteiger partial charge in [-0.2, -0.15) is 0 Å². The molecule has 0 spiro atoms. The summed E-state index contributed by atoms with van der Waals surface area (Å²) in [5.74, 6) is 0. The van der Waals surface area contributed by atoms with E-state index in [1.54, 1.807) is 0 Å². The van der Waals surface area contributed by atoms with Crippen molar-refractivity contribution < 1.29 is 0 Å². The second-order valence-corrected chi connectivity index (χ2v) is 8.46. The van der Waals surface area contributed by atoms with Gasteiger partial charge in [-0.05, 0) is 55.5 Å². The van der Waals surface area contributed by atoms with Crippen molar-refractivity contribution >= 4 is 5.70 Å². The van der Waals surface area contributed by atoms with E-state index in [0.29, 0.717) is 0 Å². The average Bonchev–Trinajstić information content (AvgIpc) is 2.84. The lowest BCUT2D eigenvalue weighted by Gasteiger charge is -2.03. The SMILES string of the molecule is C=C(C)/C=C\Cc1cccc(-c2ccccc2)c1.CC(C)=C/C=C(\N)c1ccccc1.CCC. The van der Waals surface area contributed by atoms with Gasteiger partial charge in [-0.25, -0.2) is 0 Å². The van der Waals surface area contributed by atoms with Crippen LogP contribution in [0.2, 0.25) is 0 Å². The first kappa shape index (κ1) is 28.5. The summed E-state index contributed by atoms with van der Waals surface area (Å²) in [6, 6.07) is 29.1. The average molecular weight is 452 g/mol. The zero-order valence-corrected chi connectivity index (χ0v) is 21.6. The summed E-state index contributed by atoms with van der Waals surface area (Å²) in [7, 11) is 0. The molecule has 0 saturated heterocycles. The summed E-state index contributed by atoms with van der Waals surface area (Å²) in [5, 5.41) is 0. The molecule has 0 heterocycles. The van der Waals surface area contributed by atoms with Crippen LogP contribution in [0.1, 0.15) is 52.2 Å². The van der Waals surface area contributed by atoms with Gasteiger partial charge in [0.15, 0.2) is 0 Å². The first-order chi connectivity index (χ1) is 16.4. The molecule has 1 heteroatoms. The second-order valence-electron chi connectivity index (χ2n) is 8.46. The lowest BCUT2D eigenvalue weighted by atomic mass is 10.0.